The van der Waals surface area contributed by atoms with E-state index in [1.807, 2.05) is 48.5 Å². The average molecular weight is 276 g/mol. The second-order valence-corrected chi connectivity index (χ2v) is 4.82. The van der Waals surface area contributed by atoms with Gasteiger partial charge in [0, 0.05) is 18.8 Å². The Morgan fingerprint density at radius 1 is 0.947 bits per heavy atom. The van der Waals surface area contributed by atoms with Crippen molar-refractivity contribution >= 4 is 17.3 Å². The summed E-state index contributed by atoms with van der Waals surface area (Å²) in [5.41, 5.74) is 2.31. The SMILES string of the molecule is OC(CCl)CN(Cc1ccccc1)c1ccccc1. The Morgan fingerprint density at radius 3 is 2.11 bits per heavy atom. The maximum atomic E-state index is 9.79. The van der Waals surface area contributed by atoms with Gasteiger partial charge >= 0.3 is 0 Å². The van der Waals surface area contributed by atoms with Crippen molar-refractivity contribution in [1.29, 1.82) is 0 Å². The molecule has 1 N–H and O–H groups in total. The molecule has 0 saturated carbocycles. The summed E-state index contributed by atoms with van der Waals surface area (Å²) in [5, 5.41) is 9.79. The first kappa shape index (κ1) is 13.9. The summed E-state index contributed by atoms with van der Waals surface area (Å²) < 4.78 is 0. The standard InChI is InChI=1S/C16H18ClNO/c17-11-16(19)13-18(15-9-5-2-6-10-15)12-14-7-3-1-4-8-14/h1-10,16,19H,11-13H2. The molecule has 0 radical (unpaired) electrons. The molecule has 0 fully saturated rings. The van der Waals surface area contributed by atoms with E-state index in [1.165, 1.54) is 5.56 Å². The molecule has 0 amide bonds. The number of nitrogens with zero attached hydrogens (tertiary/aromatic N) is 1. The van der Waals surface area contributed by atoms with E-state index in [4.69, 9.17) is 11.6 Å². The quantitative estimate of drug-likeness (QED) is 0.818. The topological polar surface area (TPSA) is 23.5 Å². The van der Waals surface area contributed by atoms with Crippen molar-refractivity contribution in [3.63, 3.8) is 0 Å². The molecule has 2 nitrogen and oxygen atoms in total. The summed E-state index contributed by atoms with van der Waals surface area (Å²) in [6.45, 7) is 1.29. The number of halogens is 1. The third kappa shape index (κ3) is 4.27. The number of benzene rings is 2. The van der Waals surface area contributed by atoms with E-state index < -0.39 is 6.10 Å². The van der Waals surface area contributed by atoms with E-state index >= 15 is 0 Å². The highest BCUT2D eigenvalue weighted by Gasteiger charge is 2.12. The van der Waals surface area contributed by atoms with E-state index in [0.29, 0.717) is 6.54 Å². The van der Waals surface area contributed by atoms with Crippen molar-refractivity contribution in [1.82, 2.24) is 0 Å². The molecule has 0 bridgehead atoms. The van der Waals surface area contributed by atoms with Crippen molar-refractivity contribution in [2.24, 2.45) is 0 Å². The zero-order chi connectivity index (χ0) is 13.5. The molecule has 3 heteroatoms. The van der Waals surface area contributed by atoms with Crippen molar-refractivity contribution in [2.75, 3.05) is 17.3 Å². The summed E-state index contributed by atoms with van der Waals surface area (Å²) in [6.07, 6.45) is -0.523. The van der Waals surface area contributed by atoms with Gasteiger partial charge in [0.1, 0.15) is 0 Å². The predicted molar refractivity (Wildman–Crippen MR) is 80.7 cm³/mol. The van der Waals surface area contributed by atoms with Crippen LogP contribution < -0.4 is 4.90 Å². The fraction of sp³-hybridized carbons (Fsp3) is 0.250. The molecule has 2 aromatic rings. The van der Waals surface area contributed by atoms with Gasteiger partial charge in [-0.05, 0) is 17.7 Å². The van der Waals surface area contributed by atoms with Crippen LogP contribution in [0.15, 0.2) is 60.7 Å². The number of anilines is 1. The lowest BCUT2D eigenvalue weighted by molar-refractivity contribution is 0.203. The number of alkyl halides is 1. The van der Waals surface area contributed by atoms with E-state index in [2.05, 4.69) is 17.0 Å². The van der Waals surface area contributed by atoms with E-state index in [9.17, 15) is 5.11 Å². The molecule has 1 unspecified atom stereocenters. The van der Waals surface area contributed by atoms with Gasteiger partial charge in [-0.2, -0.15) is 0 Å². The number of para-hydroxylation sites is 1. The molecule has 0 heterocycles. The van der Waals surface area contributed by atoms with Gasteiger partial charge < -0.3 is 10.0 Å². The van der Waals surface area contributed by atoms with Gasteiger partial charge in [-0.1, -0.05) is 48.5 Å². The van der Waals surface area contributed by atoms with Crippen molar-refractivity contribution in [2.45, 2.75) is 12.6 Å². The number of hydrogen-bond donors (Lipinski definition) is 1. The van der Waals surface area contributed by atoms with Gasteiger partial charge in [0.05, 0.1) is 12.0 Å². The summed E-state index contributed by atoms with van der Waals surface area (Å²) in [7, 11) is 0. The van der Waals surface area contributed by atoms with Crippen LogP contribution in [0.2, 0.25) is 0 Å². The number of hydrogen-bond acceptors (Lipinski definition) is 2. The highest BCUT2D eigenvalue weighted by molar-refractivity contribution is 6.18. The molecule has 0 spiro atoms. The Balaban J connectivity index is 2.15. The van der Waals surface area contributed by atoms with Gasteiger partial charge in [-0.3, -0.25) is 0 Å². The van der Waals surface area contributed by atoms with Crippen LogP contribution in [0.5, 0.6) is 0 Å². The van der Waals surface area contributed by atoms with Crippen LogP contribution in [-0.2, 0) is 6.54 Å². The third-order valence-corrected chi connectivity index (χ3v) is 3.30. The molecule has 0 saturated heterocycles. The van der Waals surface area contributed by atoms with Crippen LogP contribution in [0, 0.1) is 0 Å². The highest BCUT2D eigenvalue weighted by atomic mass is 35.5. The predicted octanol–water partition coefficient (Wildman–Crippen LogP) is 3.29. The van der Waals surface area contributed by atoms with Gasteiger partial charge in [0.25, 0.3) is 0 Å². The van der Waals surface area contributed by atoms with Crippen molar-refractivity contribution < 1.29 is 5.11 Å². The minimum absolute atomic E-state index is 0.248. The first-order valence-corrected chi connectivity index (χ1v) is 6.91. The molecule has 2 aromatic carbocycles. The summed E-state index contributed by atoms with van der Waals surface area (Å²) in [6, 6.07) is 20.3. The maximum Gasteiger partial charge on any atom is 0.0850 e. The average Bonchev–Trinajstić information content (AvgIpc) is 2.48. The summed E-state index contributed by atoms with van der Waals surface area (Å²) >= 11 is 5.71. The Kier molecular flexibility index (Phi) is 5.25. The highest BCUT2D eigenvalue weighted by Crippen LogP contribution is 2.17. The first-order valence-electron chi connectivity index (χ1n) is 6.37. The molecule has 2 rings (SSSR count). The fourth-order valence-electron chi connectivity index (χ4n) is 2.01. The molecule has 0 aliphatic carbocycles. The van der Waals surface area contributed by atoms with E-state index in [0.717, 1.165) is 12.2 Å². The number of rotatable bonds is 6. The Hall–Kier alpha value is -1.51. The van der Waals surface area contributed by atoms with Gasteiger partial charge in [0.15, 0.2) is 0 Å². The molecular weight excluding hydrogens is 258 g/mol. The molecule has 0 aromatic heterocycles. The second-order valence-electron chi connectivity index (χ2n) is 4.51. The van der Waals surface area contributed by atoms with Gasteiger partial charge in [0.2, 0.25) is 0 Å². The van der Waals surface area contributed by atoms with Crippen LogP contribution in [0.4, 0.5) is 5.69 Å². The molecule has 0 aliphatic rings. The lowest BCUT2D eigenvalue weighted by Crippen LogP contribution is -2.32. The molecular formula is C16H18ClNO. The van der Waals surface area contributed by atoms with Crippen LogP contribution in [0.3, 0.4) is 0 Å². The minimum Gasteiger partial charge on any atom is -0.390 e. The molecule has 0 aliphatic heterocycles. The smallest absolute Gasteiger partial charge is 0.0850 e. The molecule has 19 heavy (non-hydrogen) atoms. The fourth-order valence-corrected chi connectivity index (χ4v) is 2.10. The minimum atomic E-state index is -0.523. The van der Waals surface area contributed by atoms with Crippen molar-refractivity contribution in [3.8, 4) is 0 Å². The van der Waals surface area contributed by atoms with E-state index in [1.54, 1.807) is 0 Å². The lowest BCUT2D eigenvalue weighted by Gasteiger charge is -2.27. The largest absolute Gasteiger partial charge is 0.390 e. The van der Waals surface area contributed by atoms with Gasteiger partial charge in [-0.25, -0.2) is 0 Å². The third-order valence-electron chi connectivity index (χ3n) is 2.95. The normalized spacial score (nSPS) is 12.1. The monoisotopic (exact) mass is 275 g/mol. The van der Waals surface area contributed by atoms with Gasteiger partial charge in [-0.15, -0.1) is 11.6 Å². The van der Waals surface area contributed by atoms with Crippen molar-refractivity contribution in [3.05, 3.63) is 66.2 Å². The zero-order valence-corrected chi connectivity index (χ0v) is 11.5. The Labute approximate surface area is 119 Å². The van der Waals surface area contributed by atoms with Crippen LogP contribution in [0.1, 0.15) is 5.56 Å². The summed E-state index contributed by atoms with van der Waals surface area (Å²) in [4.78, 5) is 2.14. The maximum absolute atomic E-state index is 9.79. The van der Waals surface area contributed by atoms with Crippen LogP contribution in [-0.4, -0.2) is 23.6 Å². The lowest BCUT2D eigenvalue weighted by atomic mass is 10.2. The van der Waals surface area contributed by atoms with Crippen LogP contribution >= 0.6 is 11.6 Å². The summed E-state index contributed by atoms with van der Waals surface area (Å²) in [5.74, 6) is 0.248. The Bertz CT molecular complexity index is 475. The van der Waals surface area contributed by atoms with Crippen LogP contribution in [0.25, 0.3) is 0 Å². The second kappa shape index (κ2) is 7.17. The Morgan fingerprint density at radius 2 is 1.53 bits per heavy atom. The zero-order valence-electron chi connectivity index (χ0n) is 10.7. The molecule has 100 valence electrons. The van der Waals surface area contributed by atoms with E-state index in [-0.39, 0.29) is 5.88 Å². The molecule has 1 atom stereocenters. The number of aliphatic hydroxyl groups excluding tert-OH is 1. The number of aliphatic hydroxyl groups is 1. The first-order chi connectivity index (χ1) is 9.29.